The first-order valence-corrected chi connectivity index (χ1v) is 7.97. The lowest BCUT2D eigenvalue weighted by molar-refractivity contribution is -0.126. The van der Waals surface area contributed by atoms with E-state index in [1.165, 1.54) is 6.07 Å². The van der Waals surface area contributed by atoms with Gasteiger partial charge in [0.25, 0.3) is 5.91 Å². The highest BCUT2D eigenvalue weighted by molar-refractivity contribution is 5.94. The van der Waals surface area contributed by atoms with Gasteiger partial charge in [-0.25, -0.2) is 9.07 Å². The molecule has 1 aliphatic rings. The molecule has 1 N–H and O–H groups in total. The number of aromatic nitrogens is 4. The molecule has 1 saturated heterocycles. The number of anilines is 1. The normalized spacial score (nSPS) is 20.5. The monoisotopic (exact) mass is 333 g/mol. The molecular weight excluding hydrogens is 313 g/mol. The van der Waals surface area contributed by atoms with Gasteiger partial charge in [-0.1, -0.05) is 6.92 Å². The molecule has 0 aliphatic carbocycles. The average molecular weight is 333 g/mol. The fourth-order valence-corrected chi connectivity index (χ4v) is 2.74. The van der Waals surface area contributed by atoms with Gasteiger partial charge in [0.05, 0.1) is 11.6 Å². The van der Waals surface area contributed by atoms with Crippen molar-refractivity contribution in [1.29, 1.82) is 0 Å². The van der Waals surface area contributed by atoms with E-state index in [4.69, 9.17) is 4.74 Å². The predicted molar refractivity (Wildman–Crippen MR) is 85.7 cm³/mol. The number of nitrogens with zero attached hydrogens (tertiary/aromatic N) is 4. The number of benzene rings is 1. The molecule has 2 heterocycles. The van der Waals surface area contributed by atoms with Crippen molar-refractivity contribution in [2.24, 2.45) is 5.92 Å². The lowest BCUT2D eigenvalue weighted by Gasteiger charge is -2.15. The van der Waals surface area contributed by atoms with Gasteiger partial charge in [0.2, 0.25) is 0 Å². The van der Waals surface area contributed by atoms with Crippen LogP contribution < -0.4 is 5.32 Å². The number of rotatable bonds is 4. The minimum atomic E-state index is -0.495. The fourth-order valence-electron chi connectivity index (χ4n) is 2.74. The summed E-state index contributed by atoms with van der Waals surface area (Å²) in [5, 5.41) is 14.1. The quantitative estimate of drug-likeness (QED) is 0.929. The summed E-state index contributed by atoms with van der Waals surface area (Å²) < 4.78 is 21.4. The minimum absolute atomic E-state index is 0.00906. The average Bonchev–Trinajstić information content (AvgIpc) is 3.16. The Morgan fingerprint density at radius 1 is 1.46 bits per heavy atom. The van der Waals surface area contributed by atoms with E-state index in [-0.39, 0.29) is 23.4 Å². The summed E-state index contributed by atoms with van der Waals surface area (Å²) in [6, 6.07) is 4.48. The standard InChI is InChI=1S/C16H20FN5O2/c1-9(2)22-15(19-20-21-22)12-5-4-11(8-13(12)17)18-16(23)14-10(3)6-7-24-14/h4-5,8-10,14H,6-7H2,1-3H3,(H,18,23)/t10-,14+/m1/s1. The number of halogens is 1. The molecule has 3 rings (SSSR count). The van der Waals surface area contributed by atoms with Gasteiger partial charge in [0, 0.05) is 12.3 Å². The van der Waals surface area contributed by atoms with Crippen LogP contribution in [0.3, 0.4) is 0 Å². The Morgan fingerprint density at radius 3 is 2.88 bits per heavy atom. The zero-order valence-corrected chi connectivity index (χ0v) is 13.9. The second kappa shape index (κ2) is 6.64. The first-order valence-electron chi connectivity index (χ1n) is 7.97. The number of carbonyl (C=O) groups is 1. The Morgan fingerprint density at radius 2 is 2.25 bits per heavy atom. The van der Waals surface area contributed by atoms with Crippen molar-refractivity contribution < 1.29 is 13.9 Å². The summed E-state index contributed by atoms with van der Waals surface area (Å²) in [5.74, 6) is -0.234. The molecule has 8 heteroatoms. The van der Waals surface area contributed by atoms with Crippen LogP contribution in [0.15, 0.2) is 18.2 Å². The Bertz CT molecular complexity index is 746. The number of nitrogens with one attached hydrogen (secondary N) is 1. The molecular formula is C16H20FN5O2. The van der Waals surface area contributed by atoms with Crippen LogP contribution in [0.25, 0.3) is 11.4 Å². The summed E-state index contributed by atoms with van der Waals surface area (Å²) >= 11 is 0. The van der Waals surface area contributed by atoms with Crippen molar-refractivity contribution >= 4 is 11.6 Å². The van der Waals surface area contributed by atoms with E-state index in [1.807, 2.05) is 20.8 Å². The number of hydrogen-bond donors (Lipinski definition) is 1. The van der Waals surface area contributed by atoms with Crippen molar-refractivity contribution in [3.8, 4) is 11.4 Å². The van der Waals surface area contributed by atoms with E-state index in [0.29, 0.717) is 18.1 Å². The first kappa shape index (κ1) is 16.5. The molecule has 24 heavy (non-hydrogen) atoms. The summed E-state index contributed by atoms with van der Waals surface area (Å²) in [4.78, 5) is 12.2. The van der Waals surface area contributed by atoms with E-state index < -0.39 is 11.9 Å². The molecule has 2 aromatic rings. The maximum Gasteiger partial charge on any atom is 0.253 e. The lowest BCUT2D eigenvalue weighted by atomic mass is 10.0. The summed E-state index contributed by atoms with van der Waals surface area (Å²) in [7, 11) is 0. The number of amides is 1. The predicted octanol–water partition coefficient (Wildman–Crippen LogP) is 2.42. The minimum Gasteiger partial charge on any atom is -0.368 e. The highest BCUT2D eigenvalue weighted by Gasteiger charge is 2.31. The van der Waals surface area contributed by atoms with Gasteiger partial charge in [-0.05, 0) is 54.8 Å². The second-order valence-corrected chi connectivity index (χ2v) is 6.28. The maximum atomic E-state index is 14.5. The molecule has 0 spiro atoms. The molecule has 1 aromatic carbocycles. The van der Waals surface area contributed by atoms with Crippen LogP contribution in [0.2, 0.25) is 0 Å². The molecule has 1 aliphatic heterocycles. The van der Waals surface area contributed by atoms with Gasteiger partial charge < -0.3 is 10.1 Å². The Hall–Kier alpha value is -2.35. The third-order valence-corrected chi connectivity index (χ3v) is 4.11. The third-order valence-electron chi connectivity index (χ3n) is 4.11. The van der Waals surface area contributed by atoms with Gasteiger partial charge in [-0.3, -0.25) is 4.79 Å². The van der Waals surface area contributed by atoms with E-state index in [2.05, 4.69) is 20.8 Å². The molecule has 1 amide bonds. The number of hydrogen-bond acceptors (Lipinski definition) is 5. The van der Waals surface area contributed by atoms with Crippen LogP contribution in [-0.4, -0.2) is 38.8 Å². The Kier molecular flexibility index (Phi) is 4.57. The largest absolute Gasteiger partial charge is 0.368 e. The molecule has 0 bridgehead atoms. The van der Waals surface area contributed by atoms with E-state index in [0.717, 1.165) is 6.42 Å². The van der Waals surface area contributed by atoms with E-state index >= 15 is 0 Å². The van der Waals surface area contributed by atoms with Gasteiger partial charge in [0.15, 0.2) is 5.82 Å². The molecule has 7 nitrogen and oxygen atoms in total. The van der Waals surface area contributed by atoms with Crippen LogP contribution in [0, 0.1) is 11.7 Å². The molecule has 0 unspecified atom stereocenters. The molecule has 0 radical (unpaired) electrons. The van der Waals surface area contributed by atoms with Gasteiger partial charge >= 0.3 is 0 Å². The molecule has 128 valence electrons. The van der Waals surface area contributed by atoms with Crippen molar-refractivity contribution in [3.05, 3.63) is 24.0 Å². The van der Waals surface area contributed by atoms with Crippen LogP contribution in [0.5, 0.6) is 0 Å². The highest BCUT2D eigenvalue weighted by Crippen LogP contribution is 2.26. The number of ether oxygens (including phenoxy) is 1. The highest BCUT2D eigenvalue weighted by atomic mass is 19.1. The third kappa shape index (κ3) is 3.14. The second-order valence-electron chi connectivity index (χ2n) is 6.28. The van der Waals surface area contributed by atoms with E-state index in [1.54, 1.807) is 16.8 Å². The smallest absolute Gasteiger partial charge is 0.253 e. The van der Waals surface area contributed by atoms with Gasteiger partial charge in [-0.2, -0.15) is 0 Å². The number of carbonyl (C=O) groups excluding carboxylic acids is 1. The van der Waals surface area contributed by atoms with Crippen molar-refractivity contribution in [1.82, 2.24) is 20.2 Å². The molecule has 1 aromatic heterocycles. The molecule has 2 atom stereocenters. The summed E-state index contributed by atoms with van der Waals surface area (Å²) in [6.07, 6.45) is 0.365. The van der Waals surface area contributed by atoms with Crippen LogP contribution >= 0.6 is 0 Å². The van der Waals surface area contributed by atoms with Crippen molar-refractivity contribution in [3.63, 3.8) is 0 Å². The molecule has 0 saturated carbocycles. The van der Waals surface area contributed by atoms with Crippen molar-refractivity contribution in [2.45, 2.75) is 39.3 Å². The fraction of sp³-hybridized carbons (Fsp3) is 0.500. The summed E-state index contributed by atoms with van der Waals surface area (Å²) in [6.45, 7) is 6.36. The van der Waals surface area contributed by atoms with Crippen LogP contribution in [0.4, 0.5) is 10.1 Å². The van der Waals surface area contributed by atoms with Gasteiger partial charge in [-0.15, -0.1) is 5.10 Å². The molecule has 1 fully saturated rings. The summed E-state index contributed by atoms with van der Waals surface area (Å²) in [5.41, 5.74) is 0.671. The van der Waals surface area contributed by atoms with Crippen LogP contribution in [0.1, 0.15) is 33.2 Å². The maximum absolute atomic E-state index is 14.5. The Balaban J connectivity index is 1.80. The Labute approximate surface area is 139 Å². The van der Waals surface area contributed by atoms with Crippen molar-refractivity contribution in [2.75, 3.05) is 11.9 Å². The first-order chi connectivity index (χ1) is 11.5. The SMILES string of the molecule is CC(C)n1nnnc1-c1ccc(NC(=O)[C@H]2OCC[C@H]2C)cc1F. The zero-order chi connectivity index (χ0) is 17.3. The van der Waals surface area contributed by atoms with Crippen LogP contribution in [-0.2, 0) is 9.53 Å². The number of tetrazole rings is 1. The zero-order valence-electron chi connectivity index (χ0n) is 13.9. The van der Waals surface area contributed by atoms with Gasteiger partial charge in [0.1, 0.15) is 11.9 Å². The van der Waals surface area contributed by atoms with E-state index in [9.17, 15) is 9.18 Å². The lowest BCUT2D eigenvalue weighted by Crippen LogP contribution is -2.31. The topological polar surface area (TPSA) is 81.9 Å².